The van der Waals surface area contributed by atoms with Crippen LogP contribution in [0.2, 0.25) is 0 Å². The topological polar surface area (TPSA) is 63.8 Å². The van der Waals surface area contributed by atoms with E-state index in [2.05, 4.69) is 16.8 Å². The molecule has 6 heteroatoms. The second kappa shape index (κ2) is 8.02. The fourth-order valence-corrected chi connectivity index (χ4v) is 2.66. The molecule has 2 heterocycles. The van der Waals surface area contributed by atoms with Gasteiger partial charge in [0.05, 0.1) is 6.61 Å². The second-order valence-corrected chi connectivity index (χ2v) is 6.41. The molecule has 0 radical (unpaired) electrons. The minimum absolute atomic E-state index is 0.0320. The van der Waals surface area contributed by atoms with Crippen LogP contribution in [0.5, 0.6) is 0 Å². The number of hydrogen-bond acceptors (Lipinski definition) is 3. The van der Waals surface area contributed by atoms with Gasteiger partial charge in [0, 0.05) is 11.8 Å². The molecule has 0 aliphatic heterocycles. The zero-order chi connectivity index (χ0) is 19.4. The van der Waals surface area contributed by atoms with Gasteiger partial charge in [-0.1, -0.05) is 25.8 Å². The Balaban J connectivity index is 1.95. The summed E-state index contributed by atoms with van der Waals surface area (Å²) in [6, 6.07) is 11.5. The van der Waals surface area contributed by atoms with Crippen molar-refractivity contribution in [2.75, 3.05) is 0 Å². The zero-order valence-electron chi connectivity index (χ0n) is 15.0. The normalized spacial score (nSPS) is 12.0. The molecule has 1 N–H and O–H groups in total. The van der Waals surface area contributed by atoms with Crippen LogP contribution in [0.4, 0.5) is 4.39 Å². The predicted molar refractivity (Wildman–Crippen MR) is 98.6 cm³/mol. The largest absolute Gasteiger partial charge is 0.479 e. The first kappa shape index (κ1) is 18.6. The summed E-state index contributed by atoms with van der Waals surface area (Å²) in [7, 11) is 0. The van der Waals surface area contributed by atoms with Crippen LogP contribution in [0, 0.1) is 23.6 Å². The van der Waals surface area contributed by atoms with Gasteiger partial charge < -0.3 is 9.84 Å². The maximum atomic E-state index is 13.1. The summed E-state index contributed by atoms with van der Waals surface area (Å²) in [5, 5.41) is 9.30. The molecule has 0 amide bonds. The molecular formula is C21H19FN2O3. The van der Waals surface area contributed by atoms with Crippen LogP contribution in [0.25, 0.3) is 5.65 Å². The van der Waals surface area contributed by atoms with Gasteiger partial charge in [-0.2, -0.15) is 0 Å². The number of benzene rings is 1. The lowest BCUT2D eigenvalue weighted by atomic mass is 10.1. The van der Waals surface area contributed by atoms with Crippen LogP contribution in [-0.2, 0) is 16.1 Å². The SMILES string of the molecule is CC(C)C(OCc1nc2ccccn2c1C#Cc1ccc(F)cc1)C(=O)O. The molecule has 5 nitrogen and oxygen atoms in total. The Morgan fingerprint density at radius 2 is 1.96 bits per heavy atom. The van der Waals surface area contributed by atoms with Crippen LogP contribution in [0.1, 0.15) is 30.8 Å². The van der Waals surface area contributed by atoms with E-state index < -0.39 is 12.1 Å². The number of carbonyl (C=O) groups is 1. The van der Waals surface area contributed by atoms with Crippen molar-refractivity contribution in [3.63, 3.8) is 0 Å². The molecule has 0 saturated heterocycles. The van der Waals surface area contributed by atoms with Gasteiger partial charge in [0.15, 0.2) is 6.10 Å². The first-order valence-corrected chi connectivity index (χ1v) is 8.53. The Morgan fingerprint density at radius 1 is 1.22 bits per heavy atom. The highest BCUT2D eigenvalue weighted by Crippen LogP contribution is 2.16. The fraction of sp³-hybridized carbons (Fsp3) is 0.238. The maximum Gasteiger partial charge on any atom is 0.333 e. The Labute approximate surface area is 156 Å². The minimum atomic E-state index is -1.01. The molecule has 0 bridgehead atoms. The van der Waals surface area contributed by atoms with E-state index in [9.17, 15) is 14.3 Å². The van der Waals surface area contributed by atoms with Crippen molar-refractivity contribution in [2.24, 2.45) is 5.92 Å². The molecule has 1 atom stereocenters. The number of aromatic nitrogens is 2. The molecule has 0 aliphatic rings. The third kappa shape index (κ3) is 4.33. The van der Waals surface area contributed by atoms with E-state index in [1.807, 2.05) is 28.8 Å². The average Bonchev–Trinajstić information content (AvgIpc) is 2.98. The summed E-state index contributed by atoms with van der Waals surface area (Å²) in [5.41, 5.74) is 2.53. The maximum absolute atomic E-state index is 13.1. The quantitative estimate of drug-likeness (QED) is 0.702. The summed E-state index contributed by atoms with van der Waals surface area (Å²) in [6.45, 7) is 3.61. The van der Waals surface area contributed by atoms with Gasteiger partial charge in [0.1, 0.15) is 22.9 Å². The van der Waals surface area contributed by atoms with E-state index >= 15 is 0 Å². The number of rotatable bonds is 5. The van der Waals surface area contributed by atoms with Gasteiger partial charge in [0.2, 0.25) is 0 Å². The molecule has 0 spiro atoms. The summed E-state index contributed by atoms with van der Waals surface area (Å²) < 4.78 is 20.5. The van der Waals surface area contributed by atoms with E-state index in [0.29, 0.717) is 22.6 Å². The van der Waals surface area contributed by atoms with Crippen molar-refractivity contribution < 1.29 is 19.0 Å². The standard InChI is InChI=1S/C21H19FN2O3/c1-14(2)20(21(25)26)27-13-17-18(24-12-4-3-5-19(24)23-17)11-8-15-6-9-16(22)10-7-15/h3-7,9-10,12,14,20H,13H2,1-2H3,(H,25,26). The molecule has 0 aliphatic carbocycles. The third-order valence-corrected chi connectivity index (χ3v) is 4.02. The Kier molecular flexibility index (Phi) is 5.53. The highest BCUT2D eigenvalue weighted by Gasteiger charge is 2.23. The summed E-state index contributed by atoms with van der Waals surface area (Å²) >= 11 is 0. The van der Waals surface area contributed by atoms with Gasteiger partial charge in [-0.15, -0.1) is 0 Å². The van der Waals surface area contributed by atoms with Crippen molar-refractivity contribution in [1.29, 1.82) is 0 Å². The number of fused-ring (bicyclic) bond motifs is 1. The minimum Gasteiger partial charge on any atom is -0.479 e. The monoisotopic (exact) mass is 366 g/mol. The smallest absolute Gasteiger partial charge is 0.333 e. The van der Waals surface area contributed by atoms with E-state index in [0.717, 1.165) is 0 Å². The molecule has 0 fully saturated rings. The molecule has 3 aromatic rings. The van der Waals surface area contributed by atoms with Crippen LogP contribution < -0.4 is 0 Å². The second-order valence-electron chi connectivity index (χ2n) is 6.41. The van der Waals surface area contributed by atoms with E-state index in [-0.39, 0.29) is 18.3 Å². The van der Waals surface area contributed by atoms with Crippen molar-refractivity contribution in [1.82, 2.24) is 9.38 Å². The lowest BCUT2D eigenvalue weighted by molar-refractivity contribution is -0.154. The van der Waals surface area contributed by atoms with Crippen molar-refractivity contribution in [3.05, 3.63) is 71.4 Å². The van der Waals surface area contributed by atoms with Gasteiger partial charge >= 0.3 is 5.97 Å². The third-order valence-electron chi connectivity index (χ3n) is 4.02. The highest BCUT2D eigenvalue weighted by molar-refractivity contribution is 5.72. The number of halogens is 1. The van der Waals surface area contributed by atoms with Crippen molar-refractivity contribution in [2.45, 2.75) is 26.6 Å². The number of ether oxygens (including phenoxy) is 1. The summed E-state index contributed by atoms with van der Waals surface area (Å²) in [6.07, 6.45) is 0.908. The Bertz CT molecular complexity index is 1010. The first-order chi connectivity index (χ1) is 13.0. The lowest BCUT2D eigenvalue weighted by Crippen LogP contribution is -2.29. The lowest BCUT2D eigenvalue weighted by Gasteiger charge is -2.16. The van der Waals surface area contributed by atoms with Gasteiger partial charge in [0.25, 0.3) is 0 Å². The van der Waals surface area contributed by atoms with Gasteiger partial charge in [-0.3, -0.25) is 4.40 Å². The molecule has 2 aromatic heterocycles. The van der Waals surface area contributed by atoms with Crippen LogP contribution in [0.3, 0.4) is 0 Å². The van der Waals surface area contributed by atoms with Crippen LogP contribution >= 0.6 is 0 Å². The number of carboxylic acid groups (broad SMARTS) is 1. The predicted octanol–water partition coefficient (Wildman–Crippen LogP) is 3.50. The molecule has 1 aromatic carbocycles. The number of hydrogen-bond donors (Lipinski definition) is 1. The molecule has 1 unspecified atom stereocenters. The number of pyridine rings is 1. The van der Waals surface area contributed by atoms with E-state index in [1.165, 1.54) is 12.1 Å². The zero-order valence-corrected chi connectivity index (χ0v) is 15.0. The van der Waals surface area contributed by atoms with Gasteiger partial charge in [-0.25, -0.2) is 14.2 Å². The molecule has 27 heavy (non-hydrogen) atoms. The number of imidazole rings is 1. The van der Waals surface area contributed by atoms with Crippen LogP contribution in [0.15, 0.2) is 48.7 Å². The van der Waals surface area contributed by atoms with Crippen molar-refractivity contribution in [3.8, 4) is 11.8 Å². The van der Waals surface area contributed by atoms with Crippen LogP contribution in [-0.4, -0.2) is 26.6 Å². The molecule has 3 rings (SSSR count). The molecule has 138 valence electrons. The summed E-state index contributed by atoms with van der Waals surface area (Å²) in [5.74, 6) is 4.54. The number of aliphatic carboxylic acids is 1. The van der Waals surface area contributed by atoms with E-state index in [1.54, 1.807) is 26.0 Å². The average molecular weight is 366 g/mol. The fourth-order valence-electron chi connectivity index (χ4n) is 2.66. The summed E-state index contributed by atoms with van der Waals surface area (Å²) in [4.78, 5) is 15.9. The highest BCUT2D eigenvalue weighted by atomic mass is 19.1. The first-order valence-electron chi connectivity index (χ1n) is 8.53. The molecule has 0 saturated carbocycles. The Morgan fingerprint density at radius 3 is 2.63 bits per heavy atom. The number of carboxylic acids is 1. The van der Waals surface area contributed by atoms with E-state index in [4.69, 9.17) is 4.74 Å². The Hall–Kier alpha value is -3.17. The van der Waals surface area contributed by atoms with Gasteiger partial charge in [-0.05, 0) is 48.2 Å². The van der Waals surface area contributed by atoms with Crippen molar-refractivity contribution >= 4 is 11.6 Å². The molecular weight excluding hydrogens is 347 g/mol. The number of nitrogens with zero attached hydrogens (tertiary/aromatic N) is 2.